The molecule has 0 spiro atoms. The van der Waals surface area contributed by atoms with Gasteiger partial charge in [0.05, 0.1) is 6.20 Å². The highest BCUT2D eigenvalue weighted by Gasteiger charge is 2.06. The van der Waals surface area contributed by atoms with Crippen LogP contribution in [0.1, 0.15) is 12.1 Å². The van der Waals surface area contributed by atoms with Gasteiger partial charge in [0.1, 0.15) is 5.82 Å². The topological polar surface area (TPSA) is 54.7 Å². The molecule has 0 fully saturated rings. The van der Waals surface area contributed by atoms with E-state index < -0.39 is 0 Å². The van der Waals surface area contributed by atoms with Gasteiger partial charge in [0.15, 0.2) is 0 Å². The Morgan fingerprint density at radius 1 is 1.25 bits per heavy atom. The molecular formula is C12H14FN3. The van der Waals surface area contributed by atoms with Crippen molar-refractivity contribution in [2.75, 3.05) is 6.54 Å². The zero-order valence-electron chi connectivity index (χ0n) is 8.91. The molecule has 0 bridgehead atoms. The lowest BCUT2D eigenvalue weighted by atomic mass is 10.0. The van der Waals surface area contributed by atoms with Crippen molar-refractivity contribution in [1.82, 2.24) is 10.2 Å². The molecule has 2 aromatic rings. The van der Waals surface area contributed by atoms with Crippen molar-refractivity contribution in [3.63, 3.8) is 0 Å². The highest BCUT2D eigenvalue weighted by Crippen LogP contribution is 2.22. The van der Waals surface area contributed by atoms with Gasteiger partial charge in [0, 0.05) is 11.3 Å². The molecule has 4 heteroatoms. The van der Waals surface area contributed by atoms with Crippen molar-refractivity contribution >= 4 is 0 Å². The first-order chi connectivity index (χ1) is 7.81. The maximum absolute atomic E-state index is 12.8. The van der Waals surface area contributed by atoms with Gasteiger partial charge in [-0.05, 0) is 37.1 Å². The molecule has 1 aromatic heterocycles. The van der Waals surface area contributed by atoms with Crippen molar-refractivity contribution in [3.8, 4) is 11.1 Å². The molecule has 0 amide bonds. The van der Waals surface area contributed by atoms with Gasteiger partial charge in [-0.2, -0.15) is 5.10 Å². The molecule has 0 radical (unpaired) electrons. The third-order valence-corrected chi connectivity index (χ3v) is 2.50. The van der Waals surface area contributed by atoms with Crippen LogP contribution in [0.15, 0.2) is 30.5 Å². The molecule has 16 heavy (non-hydrogen) atoms. The number of hydrogen-bond acceptors (Lipinski definition) is 2. The molecule has 84 valence electrons. The van der Waals surface area contributed by atoms with Crippen LogP contribution in [0, 0.1) is 5.82 Å². The van der Waals surface area contributed by atoms with Crippen LogP contribution in [-0.4, -0.2) is 16.7 Å². The van der Waals surface area contributed by atoms with Crippen molar-refractivity contribution in [1.29, 1.82) is 0 Å². The normalized spacial score (nSPS) is 10.6. The lowest BCUT2D eigenvalue weighted by Crippen LogP contribution is -2.01. The lowest BCUT2D eigenvalue weighted by Gasteiger charge is -2.02. The van der Waals surface area contributed by atoms with Crippen LogP contribution in [-0.2, 0) is 6.42 Å². The number of hydrogen-bond donors (Lipinski definition) is 2. The Hall–Kier alpha value is -1.68. The van der Waals surface area contributed by atoms with Crippen LogP contribution in [0.5, 0.6) is 0 Å². The number of H-pyrrole nitrogens is 1. The summed E-state index contributed by atoms with van der Waals surface area (Å²) in [6.45, 7) is 0.655. The molecule has 0 unspecified atom stereocenters. The minimum absolute atomic E-state index is 0.226. The number of rotatable bonds is 4. The first-order valence-corrected chi connectivity index (χ1v) is 5.29. The smallest absolute Gasteiger partial charge is 0.123 e. The number of benzene rings is 1. The molecule has 3 nitrogen and oxygen atoms in total. The molecule has 0 aliphatic heterocycles. The van der Waals surface area contributed by atoms with Gasteiger partial charge in [-0.15, -0.1) is 0 Å². The number of aryl methyl sites for hydroxylation is 1. The minimum Gasteiger partial charge on any atom is -0.330 e. The van der Waals surface area contributed by atoms with Crippen molar-refractivity contribution in [3.05, 3.63) is 42.0 Å². The van der Waals surface area contributed by atoms with Crippen LogP contribution in [0.2, 0.25) is 0 Å². The van der Waals surface area contributed by atoms with E-state index in [1.165, 1.54) is 12.1 Å². The summed E-state index contributed by atoms with van der Waals surface area (Å²) < 4.78 is 12.8. The molecule has 0 aliphatic rings. The summed E-state index contributed by atoms with van der Waals surface area (Å²) in [5, 5.41) is 6.97. The molecule has 2 rings (SSSR count). The number of nitrogens with one attached hydrogen (secondary N) is 1. The van der Waals surface area contributed by atoms with Gasteiger partial charge in [0.2, 0.25) is 0 Å². The van der Waals surface area contributed by atoms with Gasteiger partial charge in [-0.1, -0.05) is 12.1 Å². The van der Waals surface area contributed by atoms with E-state index in [1.807, 2.05) is 0 Å². The van der Waals surface area contributed by atoms with Crippen LogP contribution in [0.25, 0.3) is 11.1 Å². The first kappa shape index (κ1) is 10.8. The Kier molecular flexibility index (Phi) is 3.31. The second kappa shape index (κ2) is 4.90. The van der Waals surface area contributed by atoms with Gasteiger partial charge < -0.3 is 5.73 Å². The quantitative estimate of drug-likeness (QED) is 0.827. The Balaban J connectivity index is 2.26. The van der Waals surface area contributed by atoms with Crippen molar-refractivity contribution < 1.29 is 4.39 Å². The molecular weight excluding hydrogens is 205 g/mol. The van der Waals surface area contributed by atoms with Gasteiger partial charge in [-0.3, -0.25) is 5.10 Å². The van der Waals surface area contributed by atoms with E-state index in [4.69, 9.17) is 5.73 Å². The molecule has 0 atom stereocenters. The van der Waals surface area contributed by atoms with E-state index in [1.54, 1.807) is 18.3 Å². The second-order valence-electron chi connectivity index (χ2n) is 3.66. The third kappa shape index (κ3) is 2.28. The lowest BCUT2D eigenvalue weighted by molar-refractivity contribution is 0.628. The van der Waals surface area contributed by atoms with Crippen LogP contribution >= 0.6 is 0 Å². The summed E-state index contributed by atoms with van der Waals surface area (Å²) in [4.78, 5) is 0. The monoisotopic (exact) mass is 219 g/mol. The fraction of sp³-hybridized carbons (Fsp3) is 0.250. The van der Waals surface area contributed by atoms with Crippen LogP contribution in [0.4, 0.5) is 4.39 Å². The molecule has 0 saturated heterocycles. The average molecular weight is 219 g/mol. The number of aromatic amines is 1. The Morgan fingerprint density at radius 3 is 2.69 bits per heavy atom. The van der Waals surface area contributed by atoms with E-state index in [-0.39, 0.29) is 5.82 Å². The average Bonchev–Trinajstić information content (AvgIpc) is 2.75. The number of nitrogens with zero attached hydrogens (tertiary/aromatic N) is 1. The summed E-state index contributed by atoms with van der Waals surface area (Å²) in [7, 11) is 0. The van der Waals surface area contributed by atoms with E-state index in [0.29, 0.717) is 6.54 Å². The minimum atomic E-state index is -0.226. The predicted molar refractivity (Wildman–Crippen MR) is 61.4 cm³/mol. The zero-order chi connectivity index (χ0) is 11.4. The summed E-state index contributed by atoms with van der Waals surface area (Å²) in [6.07, 6.45) is 3.54. The maximum Gasteiger partial charge on any atom is 0.123 e. The summed E-state index contributed by atoms with van der Waals surface area (Å²) >= 11 is 0. The van der Waals surface area contributed by atoms with Gasteiger partial charge >= 0.3 is 0 Å². The van der Waals surface area contributed by atoms with Crippen molar-refractivity contribution in [2.45, 2.75) is 12.8 Å². The van der Waals surface area contributed by atoms with E-state index in [0.717, 1.165) is 29.7 Å². The zero-order valence-corrected chi connectivity index (χ0v) is 8.91. The Bertz CT molecular complexity index is 448. The second-order valence-corrected chi connectivity index (χ2v) is 3.66. The molecule has 1 heterocycles. The van der Waals surface area contributed by atoms with Crippen LogP contribution < -0.4 is 5.73 Å². The molecule has 1 aromatic carbocycles. The highest BCUT2D eigenvalue weighted by molar-refractivity contribution is 5.64. The number of halogens is 1. The van der Waals surface area contributed by atoms with E-state index >= 15 is 0 Å². The summed E-state index contributed by atoms with van der Waals surface area (Å²) in [5.41, 5.74) is 8.52. The number of nitrogens with two attached hydrogens (primary N) is 1. The van der Waals surface area contributed by atoms with Crippen LogP contribution in [0.3, 0.4) is 0 Å². The predicted octanol–water partition coefficient (Wildman–Crippen LogP) is 2.11. The van der Waals surface area contributed by atoms with Gasteiger partial charge in [0.25, 0.3) is 0 Å². The molecule has 0 aliphatic carbocycles. The number of aromatic nitrogens is 2. The third-order valence-electron chi connectivity index (χ3n) is 2.50. The largest absolute Gasteiger partial charge is 0.330 e. The fourth-order valence-corrected chi connectivity index (χ4v) is 1.66. The van der Waals surface area contributed by atoms with Crippen molar-refractivity contribution in [2.24, 2.45) is 5.73 Å². The standard InChI is InChI=1S/C12H14FN3/c13-10-5-3-9(4-6-10)11-8-15-16-12(11)2-1-7-14/h3-6,8H,1-2,7,14H2,(H,15,16). The fourth-order valence-electron chi connectivity index (χ4n) is 1.66. The summed E-state index contributed by atoms with van der Waals surface area (Å²) in [5.74, 6) is -0.226. The highest BCUT2D eigenvalue weighted by atomic mass is 19.1. The Morgan fingerprint density at radius 2 is 2.00 bits per heavy atom. The maximum atomic E-state index is 12.8. The molecule has 0 saturated carbocycles. The summed E-state index contributed by atoms with van der Waals surface area (Å²) in [6, 6.07) is 6.42. The first-order valence-electron chi connectivity index (χ1n) is 5.29. The van der Waals surface area contributed by atoms with E-state index in [9.17, 15) is 4.39 Å². The van der Waals surface area contributed by atoms with Gasteiger partial charge in [-0.25, -0.2) is 4.39 Å². The van der Waals surface area contributed by atoms with E-state index in [2.05, 4.69) is 10.2 Å². The molecule has 3 N–H and O–H groups in total. The Labute approximate surface area is 93.5 Å². The SMILES string of the molecule is NCCCc1[nH]ncc1-c1ccc(F)cc1.